The van der Waals surface area contributed by atoms with Crippen molar-refractivity contribution in [3.05, 3.63) is 53.3 Å². The van der Waals surface area contributed by atoms with Gasteiger partial charge in [-0.25, -0.2) is 4.99 Å². The molecule has 3 rings (SSSR count). The first kappa shape index (κ1) is 18.5. The van der Waals surface area contributed by atoms with Crippen molar-refractivity contribution in [1.82, 2.24) is 4.98 Å². The minimum atomic E-state index is 0. The second kappa shape index (κ2) is 8.86. The van der Waals surface area contributed by atoms with Crippen molar-refractivity contribution in [3.8, 4) is 5.75 Å². The Labute approximate surface area is 159 Å². The van der Waals surface area contributed by atoms with Gasteiger partial charge in [0.25, 0.3) is 0 Å². The van der Waals surface area contributed by atoms with Gasteiger partial charge in [0.15, 0.2) is 5.96 Å². The van der Waals surface area contributed by atoms with E-state index in [2.05, 4.69) is 33.5 Å². The fourth-order valence-corrected chi connectivity index (χ4v) is 2.98. The lowest BCUT2D eigenvalue weighted by Crippen LogP contribution is -2.24. The van der Waals surface area contributed by atoms with Gasteiger partial charge in [-0.3, -0.25) is 4.98 Å². The summed E-state index contributed by atoms with van der Waals surface area (Å²) < 4.78 is 5.30. The summed E-state index contributed by atoms with van der Waals surface area (Å²) >= 11 is 0. The molecule has 0 atom stereocenters. The van der Waals surface area contributed by atoms with Crippen LogP contribution in [-0.2, 0) is 19.4 Å². The highest BCUT2D eigenvalue weighted by Crippen LogP contribution is 2.27. The molecule has 128 valence electrons. The summed E-state index contributed by atoms with van der Waals surface area (Å²) in [5, 5.41) is 3.24. The Morgan fingerprint density at radius 2 is 2.12 bits per heavy atom. The van der Waals surface area contributed by atoms with E-state index in [-0.39, 0.29) is 24.0 Å². The van der Waals surface area contributed by atoms with Crippen LogP contribution in [0.4, 0.5) is 5.69 Å². The third-order valence-corrected chi connectivity index (χ3v) is 4.16. The monoisotopic (exact) mass is 438 g/mol. The first-order valence-corrected chi connectivity index (χ1v) is 7.92. The van der Waals surface area contributed by atoms with Gasteiger partial charge in [0.05, 0.1) is 13.7 Å². The number of aromatic nitrogens is 1. The fraction of sp³-hybridized carbons (Fsp3) is 0.333. The van der Waals surface area contributed by atoms with Crippen molar-refractivity contribution < 1.29 is 4.74 Å². The van der Waals surface area contributed by atoms with Crippen LogP contribution >= 0.6 is 24.0 Å². The number of aliphatic imine (C=N–C) groups is 1. The maximum absolute atomic E-state index is 6.06. The van der Waals surface area contributed by atoms with Crippen LogP contribution in [0.1, 0.15) is 29.5 Å². The highest BCUT2D eigenvalue weighted by molar-refractivity contribution is 14.0. The molecule has 0 radical (unpaired) electrons. The molecule has 0 saturated heterocycles. The van der Waals surface area contributed by atoms with Crippen molar-refractivity contribution >= 4 is 35.6 Å². The molecule has 2 aromatic rings. The maximum atomic E-state index is 6.06. The number of hydrogen-bond donors (Lipinski definition) is 2. The Balaban J connectivity index is 0.00000208. The predicted octanol–water partition coefficient (Wildman–Crippen LogP) is 3.51. The van der Waals surface area contributed by atoms with Crippen LogP contribution in [0.5, 0.6) is 5.75 Å². The Morgan fingerprint density at radius 1 is 1.29 bits per heavy atom. The molecule has 0 unspecified atom stereocenters. The molecule has 0 spiro atoms. The number of nitrogens with zero attached hydrogens (tertiary/aromatic N) is 2. The third-order valence-electron chi connectivity index (χ3n) is 4.16. The van der Waals surface area contributed by atoms with Crippen molar-refractivity contribution in [1.29, 1.82) is 0 Å². The molecule has 24 heavy (non-hydrogen) atoms. The van der Waals surface area contributed by atoms with Crippen molar-refractivity contribution in [2.45, 2.75) is 32.2 Å². The lowest BCUT2D eigenvalue weighted by Gasteiger charge is -2.19. The van der Waals surface area contributed by atoms with E-state index in [0.717, 1.165) is 29.8 Å². The lowest BCUT2D eigenvalue weighted by molar-refractivity contribution is 0.409. The molecular weight excluding hydrogens is 415 g/mol. The van der Waals surface area contributed by atoms with E-state index < -0.39 is 0 Å². The average Bonchev–Trinajstić information content (AvgIpc) is 2.60. The number of aryl methyl sites for hydroxylation is 1. The van der Waals surface area contributed by atoms with Crippen LogP contribution < -0.4 is 15.8 Å². The van der Waals surface area contributed by atoms with Gasteiger partial charge in [-0.15, -0.1) is 24.0 Å². The van der Waals surface area contributed by atoms with E-state index >= 15 is 0 Å². The Kier molecular flexibility index (Phi) is 6.84. The molecule has 1 aromatic heterocycles. The molecule has 6 heteroatoms. The van der Waals surface area contributed by atoms with E-state index in [4.69, 9.17) is 10.5 Å². The SMILES string of the molecule is COc1ccncc1CN=C(N)Nc1cccc2c1CCCC2.I. The number of fused-ring (bicyclic) bond motifs is 1. The summed E-state index contributed by atoms with van der Waals surface area (Å²) in [4.78, 5) is 8.51. The molecule has 0 amide bonds. The number of methoxy groups -OCH3 is 1. The zero-order chi connectivity index (χ0) is 16.1. The minimum absolute atomic E-state index is 0. The average molecular weight is 438 g/mol. The molecule has 1 heterocycles. The number of ether oxygens (including phenoxy) is 1. The number of anilines is 1. The van der Waals surface area contributed by atoms with Gasteiger partial charge in [0, 0.05) is 23.6 Å². The van der Waals surface area contributed by atoms with Crippen LogP contribution in [0.15, 0.2) is 41.7 Å². The van der Waals surface area contributed by atoms with Crippen LogP contribution in [0.25, 0.3) is 0 Å². The number of nitrogens with one attached hydrogen (secondary N) is 1. The van der Waals surface area contributed by atoms with E-state index in [0.29, 0.717) is 12.5 Å². The van der Waals surface area contributed by atoms with Crippen LogP contribution in [0, 0.1) is 0 Å². The lowest BCUT2D eigenvalue weighted by atomic mass is 9.90. The van der Waals surface area contributed by atoms with Gasteiger partial charge >= 0.3 is 0 Å². The number of pyridine rings is 1. The maximum Gasteiger partial charge on any atom is 0.193 e. The second-order valence-corrected chi connectivity index (χ2v) is 5.66. The van der Waals surface area contributed by atoms with Crippen molar-refractivity contribution in [2.24, 2.45) is 10.7 Å². The number of halogens is 1. The summed E-state index contributed by atoms with van der Waals surface area (Å²) in [6, 6.07) is 8.16. The summed E-state index contributed by atoms with van der Waals surface area (Å²) in [7, 11) is 1.64. The van der Waals surface area contributed by atoms with Gasteiger partial charge in [-0.2, -0.15) is 0 Å². The second-order valence-electron chi connectivity index (χ2n) is 5.66. The highest BCUT2D eigenvalue weighted by atomic mass is 127. The Hall–Kier alpha value is -1.83. The predicted molar refractivity (Wildman–Crippen MR) is 108 cm³/mol. The summed E-state index contributed by atoms with van der Waals surface area (Å²) in [6.45, 7) is 0.435. The van der Waals surface area contributed by atoms with Crippen molar-refractivity contribution in [2.75, 3.05) is 12.4 Å². The zero-order valence-electron chi connectivity index (χ0n) is 13.8. The van der Waals surface area contributed by atoms with E-state index in [1.54, 1.807) is 19.5 Å². The molecule has 0 saturated carbocycles. The van der Waals surface area contributed by atoms with Gasteiger partial charge in [0.2, 0.25) is 0 Å². The van der Waals surface area contributed by atoms with E-state index in [1.807, 2.05) is 6.07 Å². The first-order valence-electron chi connectivity index (χ1n) is 7.92. The van der Waals surface area contributed by atoms with Gasteiger partial charge < -0.3 is 15.8 Å². The van der Waals surface area contributed by atoms with Crippen LogP contribution in [0.2, 0.25) is 0 Å². The first-order chi connectivity index (χ1) is 11.3. The molecule has 0 fully saturated rings. The molecule has 5 nitrogen and oxygen atoms in total. The van der Waals surface area contributed by atoms with Crippen LogP contribution in [0.3, 0.4) is 0 Å². The zero-order valence-corrected chi connectivity index (χ0v) is 16.1. The van der Waals surface area contributed by atoms with Crippen molar-refractivity contribution in [3.63, 3.8) is 0 Å². The van der Waals surface area contributed by atoms with Gasteiger partial charge in [-0.05, 0) is 48.9 Å². The largest absolute Gasteiger partial charge is 0.496 e. The number of guanidine groups is 1. The number of nitrogens with two attached hydrogens (primary N) is 1. The quantitative estimate of drug-likeness (QED) is 0.436. The number of rotatable bonds is 4. The molecular formula is C18H23IN4O. The normalized spacial score (nSPS) is 13.6. The fourth-order valence-electron chi connectivity index (χ4n) is 2.98. The highest BCUT2D eigenvalue weighted by Gasteiger charge is 2.13. The molecule has 1 aromatic carbocycles. The molecule has 3 N–H and O–H groups in total. The number of benzene rings is 1. The van der Waals surface area contributed by atoms with E-state index in [1.165, 1.54) is 24.0 Å². The summed E-state index contributed by atoms with van der Waals surface area (Å²) in [5.74, 6) is 1.18. The molecule has 1 aliphatic rings. The van der Waals surface area contributed by atoms with Gasteiger partial charge in [-0.1, -0.05) is 12.1 Å². The molecule has 1 aliphatic carbocycles. The number of hydrogen-bond acceptors (Lipinski definition) is 3. The Bertz CT molecular complexity index is 718. The summed E-state index contributed by atoms with van der Waals surface area (Å²) in [5.41, 5.74) is 10.8. The third kappa shape index (κ3) is 4.37. The molecule has 0 aliphatic heterocycles. The molecule has 0 bridgehead atoms. The summed E-state index contributed by atoms with van der Waals surface area (Å²) in [6.07, 6.45) is 8.19. The smallest absolute Gasteiger partial charge is 0.193 e. The topological polar surface area (TPSA) is 72.5 Å². The van der Waals surface area contributed by atoms with E-state index in [9.17, 15) is 0 Å². The minimum Gasteiger partial charge on any atom is -0.496 e. The Morgan fingerprint density at radius 3 is 2.96 bits per heavy atom. The standard InChI is InChI=1S/C18H22N4O.HI/c1-23-17-9-10-20-11-14(17)12-21-18(19)22-16-8-4-6-13-5-2-3-7-15(13)16;/h4,6,8-11H,2-3,5,7,12H2,1H3,(H3,19,21,22);1H. The van der Waals surface area contributed by atoms with Crippen LogP contribution in [-0.4, -0.2) is 18.1 Å². The van der Waals surface area contributed by atoms with Gasteiger partial charge in [0.1, 0.15) is 5.75 Å².